The Kier molecular flexibility index (Phi) is 7.94. The minimum absolute atomic E-state index is 0.0273. The molecule has 10 heteroatoms. The van der Waals surface area contributed by atoms with Gasteiger partial charge in [0, 0.05) is 34.8 Å². The average Bonchev–Trinajstić information content (AvgIpc) is 3.67. The van der Waals surface area contributed by atoms with Crippen LogP contribution in [-0.2, 0) is 16.0 Å². The van der Waals surface area contributed by atoms with Crippen LogP contribution in [0.1, 0.15) is 44.9 Å². The fourth-order valence-electron chi connectivity index (χ4n) is 4.88. The van der Waals surface area contributed by atoms with E-state index in [-0.39, 0.29) is 23.5 Å². The van der Waals surface area contributed by atoms with E-state index >= 15 is 0 Å². The monoisotopic (exact) mass is 548 g/mol. The first-order valence-electron chi connectivity index (χ1n) is 12.7. The van der Waals surface area contributed by atoms with Crippen molar-refractivity contribution in [1.82, 2.24) is 19.3 Å². The van der Waals surface area contributed by atoms with Crippen LogP contribution in [0.5, 0.6) is 0 Å². The lowest BCUT2D eigenvalue weighted by atomic mass is 10.2. The molecule has 1 saturated heterocycles. The van der Waals surface area contributed by atoms with Gasteiger partial charge in [-0.05, 0) is 81.3 Å². The Bertz CT molecular complexity index is 1490. The van der Waals surface area contributed by atoms with Gasteiger partial charge in [0.1, 0.15) is 5.82 Å². The van der Waals surface area contributed by atoms with Gasteiger partial charge in [0.15, 0.2) is 16.8 Å². The number of esters is 1. The third-order valence-electron chi connectivity index (χ3n) is 6.84. The van der Waals surface area contributed by atoms with E-state index in [9.17, 15) is 14.0 Å². The number of aryl methyl sites for hydroxylation is 1. The fraction of sp³-hybridized carbons (Fsp3) is 0.310. The number of ether oxygens (including phenoxy) is 2. The SMILES string of the molecule is COC(=O)c1ccc(-n2c(C)cc(C(=O)CSc3nnc(-c4ccc(F)cc4)n3C[C@@H]3CCCO3)c2C)cc1. The molecule has 202 valence electrons. The highest BCUT2D eigenvalue weighted by molar-refractivity contribution is 7.99. The number of hydrogen-bond donors (Lipinski definition) is 0. The third-order valence-corrected chi connectivity index (χ3v) is 7.81. The zero-order valence-corrected chi connectivity index (χ0v) is 22.8. The lowest BCUT2D eigenvalue weighted by Crippen LogP contribution is -2.17. The zero-order chi connectivity index (χ0) is 27.5. The van der Waals surface area contributed by atoms with Crippen molar-refractivity contribution in [1.29, 1.82) is 0 Å². The maximum Gasteiger partial charge on any atom is 0.337 e. The van der Waals surface area contributed by atoms with Crippen molar-refractivity contribution in [2.24, 2.45) is 0 Å². The summed E-state index contributed by atoms with van der Waals surface area (Å²) in [5, 5.41) is 9.37. The van der Waals surface area contributed by atoms with Gasteiger partial charge < -0.3 is 14.0 Å². The Morgan fingerprint density at radius 1 is 1.10 bits per heavy atom. The van der Waals surface area contributed by atoms with Gasteiger partial charge in [0.2, 0.25) is 0 Å². The van der Waals surface area contributed by atoms with Crippen LogP contribution in [-0.4, -0.2) is 56.7 Å². The quantitative estimate of drug-likeness (QED) is 0.157. The number of nitrogens with zero attached hydrogens (tertiary/aromatic N) is 4. The van der Waals surface area contributed by atoms with Crippen molar-refractivity contribution in [3.05, 3.63) is 82.9 Å². The molecule has 3 heterocycles. The Balaban J connectivity index is 1.36. The van der Waals surface area contributed by atoms with Crippen molar-refractivity contribution in [2.45, 2.75) is 44.5 Å². The van der Waals surface area contributed by atoms with E-state index in [2.05, 4.69) is 10.2 Å². The number of benzene rings is 2. The fourth-order valence-corrected chi connectivity index (χ4v) is 5.71. The van der Waals surface area contributed by atoms with Crippen LogP contribution in [0.25, 0.3) is 17.1 Å². The molecule has 0 N–H and O–H groups in total. The first-order chi connectivity index (χ1) is 18.9. The van der Waals surface area contributed by atoms with Crippen molar-refractivity contribution in [3.63, 3.8) is 0 Å². The molecular formula is C29H29FN4O4S. The highest BCUT2D eigenvalue weighted by atomic mass is 32.2. The summed E-state index contributed by atoms with van der Waals surface area (Å²) in [5.74, 6) is 0.0552. The first-order valence-corrected chi connectivity index (χ1v) is 13.7. The Morgan fingerprint density at radius 2 is 1.85 bits per heavy atom. The van der Waals surface area contributed by atoms with Crippen molar-refractivity contribution in [3.8, 4) is 17.1 Å². The molecule has 0 spiro atoms. The number of halogens is 1. The number of aromatic nitrogens is 4. The molecule has 0 saturated carbocycles. The summed E-state index contributed by atoms with van der Waals surface area (Å²) in [6.07, 6.45) is 1.98. The van der Waals surface area contributed by atoms with Gasteiger partial charge in [-0.3, -0.25) is 9.36 Å². The zero-order valence-electron chi connectivity index (χ0n) is 22.0. The molecule has 1 aliphatic heterocycles. The van der Waals surface area contributed by atoms with Gasteiger partial charge in [-0.1, -0.05) is 11.8 Å². The summed E-state index contributed by atoms with van der Waals surface area (Å²) >= 11 is 1.33. The molecule has 8 nitrogen and oxygen atoms in total. The number of carbonyl (C=O) groups is 2. The predicted molar refractivity (Wildman–Crippen MR) is 146 cm³/mol. The summed E-state index contributed by atoms with van der Waals surface area (Å²) < 4.78 is 28.1. The van der Waals surface area contributed by atoms with Crippen LogP contribution in [0.2, 0.25) is 0 Å². The molecule has 1 aliphatic rings. The summed E-state index contributed by atoms with van der Waals surface area (Å²) in [6.45, 7) is 5.14. The van der Waals surface area contributed by atoms with Crippen LogP contribution >= 0.6 is 11.8 Å². The van der Waals surface area contributed by atoms with E-state index in [1.165, 1.54) is 31.0 Å². The van der Waals surface area contributed by atoms with E-state index < -0.39 is 5.97 Å². The second-order valence-electron chi connectivity index (χ2n) is 9.43. The molecule has 2 aromatic carbocycles. The van der Waals surface area contributed by atoms with Crippen LogP contribution in [0.15, 0.2) is 59.8 Å². The van der Waals surface area contributed by atoms with E-state index in [1.807, 2.05) is 41.2 Å². The van der Waals surface area contributed by atoms with Crippen LogP contribution in [0.3, 0.4) is 0 Å². The van der Waals surface area contributed by atoms with Crippen molar-refractivity contribution in [2.75, 3.05) is 19.5 Å². The van der Waals surface area contributed by atoms with Gasteiger partial charge >= 0.3 is 5.97 Å². The van der Waals surface area contributed by atoms with E-state index in [0.717, 1.165) is 42.1 Å². The summed E-state index contributed by atoms with van der Waals surface area (Å²) in [4.78, 5) is 25.2. The molecule has 0 unspecified atom stereocenters. The topological polar surface area (TPSA) is 88.2 Å². The third kappa shape index (κ3) is 5.67. The van der Waals surface area contributed by atoms with Gasteiger partial charge in [-0.2, -0.15) is 0 Å². The smallest absolute Gasteiger partial charge is 0.337 e. The highest BCUT2D eigenvalue weighted by Gasteiger charge is 2.23. The van der Waals surface area contributed by atoms with E-state index in [1.54, 1.807) is 24.3 Å². The molecule has 0 aliphatic carbocycles. The maximum absolute atomic E-state index is 13.5. The standard InChI is InChI=1S/C29H29FN4O4S/c1-18-15-25(19(2)34(18)23-12-8-21(9-13-23)28(36)37-3)26(35)17-39-29-32-31-27(20-6-10-22(30)11-7-20)33(29)16-24-5-4-14-38-24/h6-13,15,24H,4-5,14,16-17H2,1-3H3/t24-/m0/s1. The first kappa shape index (κ1) is 26.8. The highest BCUT2D eigenvalue weighted by Crippen LogP contribution is 2.28. The van der Waals surface area contributed by atoms with Crippen LogP contribution < -0.4 is 0 Å². The van der Waals surface area contributed by atoms with Gasteiger partial charge in [-0.15, -0.1) is 10.2 Å². The molecule has 5 rings (SSSR count). The largest absolute Gasteiger partial charge is 0.465 e. The van der Waals surface area contributed by atoms with E-state index in [0.29, 0.717) is 28.7 Å². The molecular weight excluding hydrogens is 519 g/mol. The minimum atomic E-state index is -0.398. The molecule has 1 atom stereocenters. The molecule has 0 bridgehead atoms. The lowest BCUT2D eigenvalue weighted by molar-refractivity contribution is 0.0600. The van der Waals surface area contributed by atoms with Crippen LogP contribution in [0.4, 0.5) is 4.39 Å². The second kappa shape index (κ2) is 11.5. The number of carbonyl (C=O) groups excluding carboxylic acids is 2. The minimum Gasteiger partial charge on any atom is -0.465 e. The molecule has 0 amide bonds. The van der Waals surface area contributed by atoms with Crippen molar-refractivity contribution >= 4 is 23.5 Å². The lowest BCUT2D eigenvalue weighted by Gasteiger charge is -2.14. The molecule has 39 heavy (non-hydrogen) atoms. The maximum atomic E-state index is 13.5. The number of rotatable bonds is 9. The number of methoxy groups -OCH3 is 1. The molecule has 0 radical (unpaired) electrons. The Morgan fingerprint density at radius 3 is 2.51 bits per heavy atom. The number of Topliss-reactive ketones (excluding diaryl/α,β-unsaturated/α-hetero) is 1. The number of hydrogen-bond acceptors (Lipinski definition) is 7. The van der Waals surface area contributed by atoms with Gasteiger partial charge in [0.05, 0.1) is 31.1 Å². The summed E-state index contributed by atoms with van der Waals surface area (Å²) in [6, 6.07) is 15.1. The van der Waals surface area contributed by atoms with Crippen LogP contribution in [0, 0.1) is 19.7 Å². The number of ketones is 1. The Labute approximate surface area is 230 Å². The predicted octanol–water partition coefficient (Wildman–Crippen LogP) is 5.43. The normalized spacial score (nSPS) is 15.0. The summed E-state index contributed by atoms with van der Waals surface area (Å²) in [7, 11) is 1.35. The number of thioether (sulfide) groups is 1. The van der Waals surface area contributed by atoms with Crippen molar-refractivity contribution < 1.29 is 23.5 Å². The van der Waals surface area contributed by atoms with Gasteiger partial charge in [-0.25, -0.2) is 9.18 Å². The second-order valence-corrected chi connectivity index (χ2v) is 10.4. The average molecular weight is 549 g/mol. The molecule has 1 fully saturated rings. The Hall–Kier alpha value is -3.76. The molecule has 4 aromatic rings. The summed E-state index contributed by atoms with van der Waals surface area (Å²) in [5.41, 5.74) is 4.42. The molecule has 2 aromatic heterocycles. The van der Waals surface area contributed by atoms with E-state index in [4.69, 9.17) is 9.47 Å². The van der Waals surface area contributed by atoms with Gasteiger partial charge in [0.25, 0.3) is 0 Å².